The molecular formula is C44H66O10. The molecule has 0 aliphatic carbocycles. The summed E-state index contributed by atoms with van der Waals surface area (Å²) in [6.45, 7) is 26.1. The second-order valence-corrected chi connectivity index (χ2v) is 19.1. The summed E-state index contributed by atoms with van der Waals surface area (Å²) < 4.78 is 36.2. The Balaban J connectivity index is 1.16. The Morgan fingerprint density at radius 3 is 1.44 bits per heavy atom. The van der Waals surface area contributed by atoms with Crippen LogP contribution in [-0.2, 0) is 61.7 Å². The van der Waals surface area contributed by atoms with Crippen LogP contribution in [0.1, 0.15) is 122 Å². The van der Waals surface area contributed by atoms with Crippen LogP contribution in [0.5, 0.6) is 11.5 Å². The molecule has 2 aliphatic heterocycles. The SMILES string of the molecule is Cc1cc(CCC(=O)OCCC(C)(C)C2OCC3(CO2)COC(C(C)(C)COC(=O)CCc2cc(C)c(O)c(C(C)(C)C)c2)OC3)cc(C(C)(C)C)c1O. The molecule has 2 saturated heterocycles. The first-order chi connectivity index (χ1) is 24.9. The van der Waals surface area contributed by atoms with Crippen LogP contribution in [0.3, 0.4) is 0 Å². The van der Waals surface area contributed by atoms with E-state index in [9.17, 15) is 19.8 Å². The summed E-state index contributed by atoms with van der Waals surface area (Å²) in [6.07, 6.45) is 1.07. The van der Waals surface area contributed by atoms with Gasteiger partial charge in [0.25, 0.3) is 0 Å². The predicted octanol–water partition coefficient (Wildman–Crippen LogP) is 8.14. The van der Waals surface area contributed by atoms with E-state index in [1.807, 2.05) is 65.8 Å². The second-order valence-electron chi connectivity index (χ2n) is 19.1. The Morgan fingerprint density at radius 2 is 1.04 bits per heavy atom. The number of carbonyl (C=O) groups excluding carboxylic acids is 2. The van der Waals surface area contributed by atoms with Crippen molar-refractivity contribution in [1.29, 1.82) is 0 Å². The van der Waals surface area contributed by atoms with Crippen LogP contribution in [0.2, 0.25) is 0 Å². The first kappa shape index (κ1) is 43.5. The number of aromatic hydroxyl groups is 2. The molecule has 0 aromatic heterocycles. The van der Waals surface area contributed by atoms with Gasteiger partial charge in [0.15, 0.2) is 12.6 Å². The Morgan fingerprint density at radius 1 is 0.648 bits per heavy atom. The van der Waals surface area contributed by atoms with Gasteiger partial charge in [0, 0.05) is 23.7 Å². The molecule has 2 aromatic carbocycles. The van der Waals surface area contributed by atoms with E-state index in [4.69, 9.17) is 28.4 Å². The van der Waals surface area contributed by atoms with Gasteiger partial charge in [0.05, 0.1) is 38.4 Å². The van der Waals surface area contributed by atoms with E-state index in [0.717, 1.165) is 33.4 Å². The standard InChI is InChI=1S/C44H66O10/c1-28-19-30(21-32(36(28)47)40(3,4)5)13-15-34(45)49-18-17-42(9,10)38-51-24-44(25-52-38)26-53-39(54-27-44)43(11,12)23-50-35(46)16-14-31-20-29(2)37(48)33(22-31)41(6,7)8/h19-22,38-39,47-48H,13-18,23-27H2,1-12H3. The van der Waals surface area contributed by atoms with Crippen LogP contribution in [0.4, 0.5) is 0 Å². The van der Waals surface area contributed by atoms with Gasteiger partial charge in [0.1, 0.15) is 18.1 Å². The maximum Gasteiger partial charge on any atom is 0.306 e. The van der Waals surface area contributed by atoms with Gasteiger partial charge in [-0.1, -0.05) is 93.5 Å². The van der Waals surface area contributed by atoms with Gasteiger partial charge in [-0.05, 0) is 77.3 Å². The van der Waals surface area contributed by atoms with Gasteiger partial charge >= 0.3 is 11.9 Å². The molecule has 0 unspecified atom stereocenters. The van der Waals surface area contributed by atoms with Gasteiger partial charge in [-0.3, -0.25) is 9.59 Å². The zero-order valence-corrected chi connectivity index (χ0v) is 34.9. The Kier molecular flexibility index (Phi) is 13.6. The van der Waals surface area contributed by atoms with Gasteiger partial charge in [-0.15, -0.1) is 0 Å². The van der Waals surface area contributed by atoms with Crippen LogP contribution >= 0.6 is 0 Å². The predicted molar refractivity (Wildman–Crippen MR) is 208 cm³/mol. The number of carbonyl (C=O) groups is 2. The summed E-state index contributed by atoms with van der Waals surface area (Å²) in [4.78, 5) is 25.4. The van der Waals surface area contributed by atoms with E-state index in [-0.39, 0.29) is 48.8 Å². The van der Waals surface area contributed by atoms with Crippen LogP contribution in [0, 0.1) is 30.1 Å². The summed E-state index contributed by atoms with van der Waals surface area (Å²) >= 11 is 0. The van der Waals surface area contributed by atoms with E-state index in [1.54, 1.807) is 0 Å². The van der Waals surface area contributed by atoms with Crippen molar-refractivity contribution < 1.29 is 48.2 Å². The molecule has 0 radical (unpaired) electrons. The van der Waals surface area contributed by atoms with Crippen molar-refractivity contribution >= 4 is 11.9 Å². The largest absolute Gasteiger partial charge is 0.507 e. The average Bonchev–Trinajstić information content (AvgIpc) is 3.07. The second kappa shape index (κ2) is 16.9. The molecule has 2 N–H and O–H groups in total. The number of esters is 2. The summed E-state index contributed by atoms with van der Waals surface area (Å²) in [6, 6.07) is 7.81. The third kappa shape index (κ3) is 11.2. The zero-order valence-electron chi connectivity index (χ0n) is 34.9. The molecule has 0 amide bonds. The molecule has 10 heteroatoms. The van der Waals surface area contributed by atoms with Crippen LogP contribution in [-0.4, -0.2) is 74.4 Å². The number of rotatable bonds is 13. The molecule has 2 aromatic rings. The maximum absolute atomic E-state index is 12.8. The molecule has 54 heavy (non-hydrogen) atoms. The quantitative estimate of drug-likeness (QED) is 0.193. The lowest BCUT2D eigenvalue weighted by Crippen LogP contribution is -2.56. The fourth-order valence-corrected chi connectivity index (χ4v) is 6.92. The topological polar surface area (TPSA) is 130 Å². The number of phenolic OH excluding ortho intramolecular Hbond substituents is 2. The Bertz CT molecular complexity index is 1610. The lowest BCUT2D eigenvalue weighted by atomic mass is 9.83. The van der Waals surface area contributed by atoms with Crippen molar-refractivity contribution in [2.45, 2.75) is 139 Å². The number of phenols is 2. The zero-order chi connectivity index (χ0) is 40.3. The molecule has 302 valence electrons. The summed E-state index contributed by atoms with van der Waals surface area (Å²) in [5.74, 6) is 0.0563. The molecule has 2 fully saturated rings. The minimum Gasteiger partial charge on any atom is -0.507 e. The fraction of sp³-hybridized carbons (Fsp3) is 0.682. The number of aryl methyl sites for hydroxylation is 4. The van der Waals surface area contributed by atoms with E-state index in [0.29, 0.717) is 57.2 Å². The first-order valence-corrected chi connectivity index (χ1v) is 19.4. The molecule has 1 spiro atoms. The molecule has 2 heterocycles. The maximum atomic E-state index is 12.8. The smallest absolute Gasteiger partial charge is 0.306 e. The number of hydrogen-bond donors (Lipinski definition) is 2. The van der Waals surface area contributed by atoms with E-state index >= 15 is 0 Å². The third-order valence-corrected chi connectivity index (χ3v) is 10.6. The highest BCUT2D eigenvalue weighted by Crippen LogP contribution is 2.40. The highest BCUT2D eigenvalue weighted by Gasteiger charge is 2.48. The van der Waals surface area contributed by atoms with Gasteiger partial charge in [-0.2, -0.15) is 0 Å². The number of ether oxygens (including phenoxy) is 6. The summed E-state index contributed by atoms with van der Waals surface area (Å²) in [7, 11) is 0. The Labute approximate surface area is 323 Å². The van der Waals surface area contributed by atoms with Crippen molar-refractivity contribution in [2.24, 2.45) is 16.2 Å². The van der Waals surface area contributed by atoms with Crippen molar-refractivity contribution in [2.75, 3.05) is 39.6 Å². The van der Waals surface area contributed by atoms with Gasteiger partial charge in [-0.25, -0.2) is 0 Å². The molecule has 10 nitrogen and oxygen atoms in total. The first-order valence-electron chi connectivity index (χ1n) is 19.4. The third-order valence-electron chi connectivity index (χ3n) is 10.6. The summed E-state index contributed by atoms with van der Waals surface area (Å²) in [5.41, 5.74) is 3.48. The van der Waals surface area contributed by atoms with Crippen LogP contribution in [0.25, 0.3) is 0 Å². The molecule has 2 aliphatic rings. The van der Waals surface area contributed by atoms with Gasteiger partial charge in [0.2, 0.25) is 0 Å². The van der Waals surface area contributed by atoms with Crippen LogP contribution in [0.15, 0.2) is 24.3 Å². The lowest BCUT2D eigenvalue weighted by molar-refractivity contribution is -0.336. The number of hydrogen-bond acceptors (Lipinski definition) is 10. The van der Waals surface area contributed by atoms with Crippen molar-refractivity contribution in [1.82, 2.24) is 0 Å². The monoisotopic (exact) mass is 754 g/mol. The van der Waals surface area contributed by atoms with E-state index in [2.05, 4.69) is 41.5 Å². The molecule has 4 rings (SSSR count). The van der Waals surface area contributed by atoms with Gasteiger partial charge < -0.3 is 38.6 Å². The van der Waals surface area contributed by atoms with Crippen molar-refractivity contribution in [3.63, 3.8) is 0 Å². The van der Waals surface area contributed by atoms with E-state index < -0.39 is 28.8 Å². The summed E-state index contributed by atoms with van der Waals surface area (Å²) in [5, 5.41) is 21.0. The van der Waals surface area contributed by atoms with Crippen molar-refractivity contribution in [3.05, 3.63) is 57.6 Å². The Hall–Kier alpha value is -3.18. The van der Waals surface area contributed by atoms with Crippen LogP contribution < -0.4 is 0 Å². The minimum atomic E-state index is -0.581. The average molecular weight is 755 g/mol. The van der Waals surface area contributed by atoms with Crippen molar-refractivity contribution in [3.8, 4) is 11.5 Å². The number of benzene rings is 2. The minimum absolute atomic E-state index is 0.147. The molecular weight excluding hydrogens is 688 g/mol. The lowest BCUT2D eigenvalue weighted by Gasteiger charge is -2.48. The molecule has 0 atom stereocenters. The molecule has 0 saturated carbocycles. The highest BCUT2D eigenvalue weighted by atomic mass is 16.7. The highest BCUT2D eigenvalue weighted by molar-refractivity contribution is 5.70. The normalized spacial score (nSPS) is 21.3. The fourth-order valence-electron chi connectivity index (χ4n) is 6.92. The molecule has 0 bridgehead atoms. The van der Waals surface area contributed by atoms with E-state index in [1.165, 1.54) is 0 Å².